The van der Waals surface area contributed by atoms with Crippen molar-refractivity contribution in [2.75, 3.05) is 6.54 Å². The minimum absolute atomic E-state index is 0.187. The Hall–Kier alpha value is -1.66. The van der Waals surface area contributed by atoms with Gasteiger partial charge in [0.2, 0.25) is 10.0 Å². The monoisotopic (exact) mass is 308 g/mol. The average molecular weight is 308 g/mol. The van der Waals surface area contributed by atoms with Crippen molar-refractivity contribution < 1.29 is 12.9 Å². The Morgan fingerprint density at radius 3 is 2.38 bits per heavy atom. The predicted octanol–water partition coefficient (Wildman–Crippen LogP) is 2.89. The highest BCUT2D eigenvalue weighted by Crippen LogP contribution is 2.24. The zero-order chi connectivity index (χ0) is 15.5. The molecule has 0 fully saturated rings. The number of aromatic nitrogens is 1. The maximum Gasteiger partial charge on any atom is 0.248 e. The van der Waals surface area contributed by atoms with E-state index in [0.717, 1.165) is 12.0 Å². The second-order valence-electron chi connectivity index (χ2n) is 4.98. The van der Waals surface area contributed by atoms with Crippen molar-refractivity contribution in [1.82, 2.24) is 9.46 Å². The Morgan fingerprint density at radius 2 is 1.86 bits per heavy atom. The molecule has 0 aliphatic heterocycles. The van der Waals surface area contributed by atoms with Gasteiger partial charge < -0.3 is 4.52 Å². The van der Waals surface area contributed by atoms with Crippen LogP contribution in [0, 0.1) is 13.8 Å². The minimum atomic E-state index is -3.60. The highest BCUT2D eigenvalue weighted by Gasteiger charge is 2.30. The molecule has 1 aromatic carbocycles. The lowest BCUT2D eigenvalue weighted by molar-refractivity contribution is 0.386. The van der Waals surface area contributed by atoms with Crippen molar-refractivity contribution >= 4 is 10.0 Å². The third-order valence-electron chi connectivity index (χ3n) is 3.24. The molecule has 5 nitrogen and oxygen atoms in total. The number of benzene rings is 1. The molecule has 0 amide bonds. The first kappa shape index (κ1) is 15.7. The molecule has 0 spiro atoms. The van der Waals surface area contributed by atoms with Crippen molar-refractivity contribution in [1.29, 1.82) is 0 Å². The van der Waals surface area contributed by atoms with Gasteiger partial charge in [0.1, 0.15) is 10.6 Å². The molecule has 0 N–H and O–H groups in total. The third-order valence-corrected chi connectivity index (χ3v) is 5.33. The molecule has 1 heterocycles. The fourth-order valence-electron chi connectivity index (χ4n) is 2.29. The van der Waals surface area contributed by atoms with E-state index in [1.165, 1.54) is 4.31 Å². The lowest BCUT2D eigenvalue weighted by atomic mass is 10.2. The van der Waals surface area contributed by atoms with Gasteiger partial charge in [-0.3, -0.25) is 0 Å². The summed E-state index contributed by atoms with van der Waals surface area (Å²) in [5, 5.41) is 3.75. The van der Waals surface area contributed by atoms with E-state index in [2.05, 4.69) is 5.16 Å². The fourth-order valence-corrected chi connectivity index (χ4v) is 4.10. The molecule has 114 valence electrons. The van der Waals surface area contributed by atoms with Gasteiger partial charge in [0.25, 0.3) is 0 Å². The smallest absolute Gasteiger partial charge is 0.248 e. The third kappa shape index (κ3) is 3.33. The van der Waals surface area contributed by atoms with Gasteiger partial charge >= 0.3 is 0 Å². The van der Waals surface area contributed by atoms with Gasteiger partial charge in [-0.2, -0.15) is 4.31 Å². The highest BCUT2D eigenvalue weighted by molar-refractivity contribution is 7.89. The molecule has 0 bridgehead atoms. The number of nitrogens with zero attached hydrogens (tertiary/aromatic N) is 2. The molecule has 21 heavy (non-hydrogen) atoms. The van der Waals surface area contributed by atoms with Gasteiger partial charge in [-0.1, -0.05) is 42.4 Å². The summed E-state index contributed by atoms with van der Waals surface area (Å²) in [5.74, 6) is 0.335. The van der Waals surface area contributed by atoms with Crippen molar-refractivity contribution in [3.8, 4) is 0 Å². The van der Waals surface area contributed by atoms with Crippen LogP contribution in [-0.4, -0.2) is 24.4 Å². The van der Waals surface area contributed by atoms with Gasteiger partial charge in [-0.15, -0.1) is 0 Å². The van der Waals surface area contributed by atoms with Gasteiger partial charge in [0, 0.05) is 13.1 Å². The van der Waals surface area contributed by atoms with E-state index in [4.69, 9.17) is 4.52 Å². The molecule has 0 aliphatic carbocycles. The van der Waals surface area contributed by atoms with Crippen LogP contribution < -0.4 is 0 Å². The zero-order valence-corrected chi connectivity index (χ0v) is 13.4. The van der Waals surface area contributed by atoms with Crippen LogP contribution in [0.2, 0.25) is 0 Å². The topological polar surface area (TPSA) is 63.4 Å². The van der Waals surface area contributed by atoms with Crippen molar-refractivity contribution in [3.05, 3.63) is 47.3 Å². The molecule has 0 unspecified atom stereocenters. The Bertz CT molecular complexity index is 673. The van der Waals surface area contributed by atoms with Crippen LogP contribution in [0.1, 0.15) is 30.4 Å². The molecule has 0 saturated heterocycles. The summed E-state index contributed by atoms with van der Waals surface area (Å²) in [5.41, 5.74) is 1.36. The van der Waals surface area contributed by atoms with E-state index in [1.807, 2.05) is 37.3 Å². The molecule has 0 saturated carbocycles. The maximum absolute atomic E-state index is 12.9. The lowest BCUT2D eigenvalue weighted by Gasteiger charge is -2.21. The molecule has 2 aromatic rings. The SMILES string of the molecule is CCCN(Cc1ccccc1)S(=O)(=O)c1c(C)noc1C. The standard InChI is InChI=1S/C15H20N2O3S/c1-4-10-17(11-14-8-6-5-7-9-14)21(18,19)15-12(2)16-20-13(15)3/h5-9H,4,10-11H2,1-3H3. The van der Waals surface area contributed by atoms with Gasteiger partial charge in [0.05, 0.1) is 0 Å². The molecule has 0 aliphatic rings. The second-order valence-corrected chi connectivity index (χ2v) is 6.85. The summed E-state index contributed by atoms with van der Waals surface area (Å²) in [6.45, 7) is 6.04. The number of aryl methyl sites for hydroxylation is 2. The predicted molar refractivity (Wildman–Crippen MR) is 80.3 cm³/mol. The summed E-state index contributed by atoms with van der Waals surface area (Å²) in [7, 11) is -3.60. The number of hydrogen-bond donors (Lipinski definition) is 0. The van der Waals surface area contributed by atoms with Gasteiger partial charge in [-0.05, 0) is 25.8 Å². The summed E-state index contributed by atoms with van der Waals surface area (Å²) in [6, 6.07) is 9.57. The van der Waals surface area contributed by atoms with E-state index in [-0.39, 0.29) is 4.90 Å². The molecular formula is C15H20N2O3S. The van der Waals surface area contributed by atoms with Gasteiger partial charge in [-0.25, -0.2) is 8.42 Å². The van der Waals surface area contributed by atoms with E-state index in [1.54, 1.807) is 13.8 Å². The van der Waals surface area contributed by atoms with E-state index in [0.29, 0.717) is 24.5 Å². The maximum atomic E-state index is 12.9. The Labute approximate surface area is 125 Å². The van der Waals surface area contributed by atoms with Crippen LogP contribution in [0.5, 0.6) is 0 Å². The van der Waals surface area contributed by atoms with Crippen molar-refractivity contribution in [2.45, 2.75) is 38.6 Å². The first-order valence-electron chi connectivity index (χ1n) is 6.93. The Kier molecular flexibility index (Phi) is 4.80. The summed E-state index contributed by atoms with van der Waals surface area (Å²) >= 11 is 0. The summed E-state index contributed by atoms with van der Waals surface area (Å²) in [4.78, 5) is 0.187. The van der Waals surface area contributed by atoms with Crippen molar-refractivity contribution in [2.24, 2.45) is 0 Å². The largest absolute Gasteiger partial charge is 0.360 e. The minimum Gasteiger partial charge on any atom is -0.360 e. The van der Waals surface area contributed by atoms with Crippen LogP contribution >= 0.6 is 0 Å². The molecular weight excluding hydrogens is 288 g/mol. The van der Waals surface area contributed by atoms with Crippen molar-refractivity contribution in [3.63, 3.8) is 0 Å². The van der Waals surface area contributed by atoms with E-state index >= 15 is 0 Å². The molecule has 0 radical (unpaired) electrons. The fraction of sp³-hybridized carbons (Fsp3) is 0.400. The van der Waals surface area contributed by atoms with Crippen LogP contribution in [0.3, 0.4) is 0 Å². The van der Waals surface area contributed by atoms with Crippen LogP contribution in [0.25, 0.3) is 0 Å². The second kappa shape index (κ2) is 6.41. The van der Waals surface area contributed by atoms with Gasteiger partial charge in [0.15, 0.2) is 5.76 Å². The highest BCUT2D eigenvalue weighted by atomic mass is 32.2. The quantitative estimate of drug-likeness (QED) is 0.823. The Morgan fingerprint density at radius 1 is 1.19 bits per heavy atom. The van der Waals surface area contributed by atoms with Crippen LogP contribution in [-0.2, 0) is 16.6 Å². The zero-order valence-electron chi connectivity index (χ0n) is 12.5. The lowest BCUT2D eigenvalue weighted by Crippen LogP contribution is -2.32. The normalized spacial score (nSPS) is 12.0. The number of sulfonamides is 1. The van der Waals surface area contributed by atoms with Crippen LogP contribution in [0.15, 0.2) is 39.8 Å². The molecule has 0 atom stereocenters. The average Bonchev–Trinajstić information content (AvgIpc) is 2.79. The summed E-state index contributed by atoms with van der Waals surface area (Å²) in [6.07, 6.45) is 0.745. The molecule has 6 heteroatoms. The molecule has 2 rings (SSSR count). The van der Waals surface area contributed by atoms with E-state index < -0.39 is 10.0 Å². The number of hydrogen-bond acceptors (Lipinski definition) is 4. The molecule has 1 aromatic heterocycles. The first-order valence-corrected chi connectivity index (χ1v) is 8.37. The van der Waals surface area contributed by atoms with Crippen LogP contribution in [0.4, 0.5) is 0 Å². The van der Waals surface area contributed by atoms with E-state index in [9.17, 15) is 8.42 Å². The number of rotatable bonds is 6. The summed E-state index contributed by atoms with van der Waals surface area (Å²) < 4.78 is 32.2. The Balaban J connectivity index is 2.37. The first-order chi connectivity index (χ1) is 9.96.